The summed E-state index contributed by atoms with van der Waals surface area (Å²) in [7, 11) is 0. The number of unbranched alkanes of at least 4 members (excludes halogenated alkanes) is 7. The van der Waals surface area contributed by atoms with Crippen LogP contribution in [0.3, 0.4) is 0 Å². The summed E-state index contributed by atoms with van der Waals surface area (Å²) >= 11 is 0. The molecule has 0 fully saturated rings. The van der Waals surface area contributed by atoms with Crippen LogP contribution in [0.15, 0.2) is 18.2 Å². The number of nitrogens with two attached hydrogens (primary N) is 1. The molecule has 0 saturated heterocycles. The van der Waals surface area contributed by atoms with Crippen molar-refractivity contribution in [2.24, 2.45) is 0 Å². The molecule has 1 rings (SSSR count). The molecule has 2 N–H and O–H groups in total. The molecular weight excluding hydrogens is 246 g/mol. The van der Waals surface area contributed by atoms with Gasteiger partial charge in [0.15, 0.2) is 5.78 Å². The maximum atomic E-state index is 12.0. The van der Waals surface area contributed by atoms with E-state index < -0.39 is 0 Å². The van der Waals surface area contributed by atoms with Crippen molar-refractivity contribution in [1.29, 1.82) is 0 Å². The highest BCUT2D eigenvalue weighted by atomic mass is 16.1. The molecule has 0 aromatic heterocycles. The van der Waals surface area contributed by atoms with E-state index in [1.807, 2.05) is 25.1 Å². The van der Waals surface area contributed by atoms with Gasteiger partial charge in [-0.15, -0.1) is 0 Å². The standard InChI is InChI=1S/C18H29NO/c1-3-4-5-6-7-8-9-10-11-18(20)16-13-12-15(2)17(19)14-16/h12-14H,3-11,19H2,1-2H3. The number of carbonyl (C=O) groups excluding carboxylic acids is 1. The third-order valence-corrected chi connectivity index (χ3v) is 3.86. The molecule has 1 aromatic rings. The van der Waals surface area contributed by atoms with E-state index >= 15 is 0 Å². The quantitative estimate of drug-likeness (QED) is 0.358. The number of carbonyl (C=O) groups is 1. The lowest BCUT2D eigenvalue weighted by atomic mass is 10.0. The number of rotatable bonds is 10. The Morgan fingerprint density at radius 1 is 1.00 bits per heavy atom. The van der Waals surface area contributed by atoms with E-state index in [9.17, 15) is 4.79 Å². The van der Waals surface area contributed by atoms with Crippen molar-refractivity contribution in [2.45, 2.75) is 71.6 Å². The van der Waals surface area contributed by atoms with Crippen LogP contribution < -0.4 is 5.73 Å². The maximum absolute atomic E-state index is 12.0. The van der Waals surface area contributed by atoms with Crippen LogP contribution in [0.4, 0.5) is 5.69 Å². The number of hydrogen-bond acceptors (Lipinski definition) is 2. The van der Waals surface area contributed by atoms with Crippen LogP contribution in [-0.4, -0.2) is 5.78 Å². The third-order valence-electron chi connectivity index (χ3n) is 3.86. The topological polar surface area (TPSA) is 43.1 Å². The van der Waals surface area contributed by atoms with E-state index in [1.54, 1.807) is 0 Å². The Morgan fingerprint density at radius 3 is 2.20 bits per heavy atom. The van der Waals surface area contributed by atoms with E-state index in [1.165, 1.54) is 44.9 Å². The molecule has 0 aliphatic heterocycles. The van der Waals surface area contributed by atoms with Crippen molar-refractivity contribution < 1.29 is 4.79 Å². The van der Waals surface area contributed by atoms with Crippen LogP contribution in [0.25, 0.3) is 0 Å². The maximum Gasteiger partial charge on any atom is 0.162 e. The van der Waals surface area contributed by atoms with E-state index in [0.717, 1.165) is 17.5 Å². The van der Waals surface area contributed by atoms with Gasteiger partial charge in [-0.25, -0.2) is 0 Å². The van der Waals surface area contributed by atoms with Crippen LogP contribution in [0.1, 0.15) is 80.6 Å². The first-order valence-corrected chi connectivity index (χ1v) is 8.04. The number of Topliss-reactive ketones (excluding diaryl/α,β-unsaturated/α-hetero) is 1. The first-order valence-electron chi connectivity index (χ1n) is 8.04. The van der Waals surface area contributed by atoms with E-state index in [0.29, 0.717) is 12.1 Å². The molecule has 0 spiro atoms. The number of nitrogen functional groups attached to an aromatic ring is 1. The number of ketones is 1. The highest BCUT2D eigenvalue weighted by molar-refractivity contribution is 5.96. The van der Waals surface area contributed by atoms with Gasteiger partial charge in [0.05, 0.1) is 0 Å². The normalized spacial score (nSPS) is 10.7. The largest absolute Gasteiger partial charge is 0.398 e. The van der Waals surface area contributed by atoms with Crippen LogP contribution in [0, 0.1) is 6.92 Å². The molecule has 0 radical (unpaired) electrons. The zero-order valence-corrected chi connectivity index (χ0v) is 13.1. The number of hydrogen-bond donors (Lipinski definition) is 1. The summed E-state index contributed by atoms with van der Waals surface area (Å²) < 4.78 is 0. The molecule has 0 saturated carbocycles. The number of aryl methyl sites for hydroxylation is 1. The number of anilines is 1. The summed E-state index contributed by atoms with van der Waals surface area (Å²) in [5.41, 5.74) is 8.35. The Labute approximate surface area is 123 Å². The molecule has 0 heterocycles. The smallest absolute Gasteiger partial charge is 0.162 e. The van der Waals surface area contributed by atoms with Crippen molar-refractivity contribution in [3.05, 3.63) is 29.3 Å². The summed E-state index contributed by atoms with van der Waals surface area (Å²) in [6.45, 7) is 4.20. The van der Waals surface area contributed by atoms with E-state index in [-0.39, 0.29) is 5.78 Å². The average Bonchev–Trinajstić information content (AvgIpc) is 2.44. The van der Waals surface area contributed by atoms with Crippen molar-refractivity contribution in [3.8, 4) is 0 Å². The molecule has 0 aliphatic carbocycles. The van der Waals surface area contributed by atoms with Crippen LogP contribution in [-0.2, 0) is 0 Å². The highest BCUT2D eigenvalue weighted by Gasteiger charge is 2.06. The van der Waals surface area contributed by atoms with Gasteiger partial charge < -0.3 is 5.73 Å². The van der Waals surface area contributed by atoms with Gasteiger partial charge in [-0.1, -0.05) is 64.0 Å². The summed E-state index contributed by atoms with van der Waals surface area (Å²) in [6.07, 6.45) is 10.7. The molecular formula is C18H29NO. The first-order chi connectivity index (χ1) is 9.65. The minimum atomic E-state index is 0.225. The Kier molecular flexibility index (Phi) is 8.01. The number of benzene rings is 1. The van der Waals surface area contributed by atoms with Crippen molar-refractivity contribution in [1.82, 2.24) is 0 Å². The lowest BCUT2D eigenvalue weighted by Gasteiger charge is -2.05. The van der Waals surface area contributed by atoms with Gasteiger partial charge in [-0.05, 0) is 25.0 Å². The van der Waals surface area contributed by atoms with Crippen molar-refractivity contribution >= 4 is 11.5 Å². The Morgan fingerprint density at radius 2 is 1.60 bits per heavy atom. The second-order valence-corrected chi connectivity index (χ2v) is 5.72. The highest BCUT2D eigenvalue weighted by Crippen LogP contribution is 2.16. The lowest BCUT2D eigenvalue weighted by molar-refractivity contribution is 0.0979. The molecule has 0 atom stereocenters. The van der Waals surface area contributed by atoms with Crippen LogP contribution in [0.2, 0.25) is 0 Å². The molecule has 0 aliphatic rings. The Balaban J connectivity index is 2.15. The van der Waals surface area contributed by atoms with Crippen molar-refractivity contribution in [2.75, 3.05) is 5.73 Å². The van der Waals surface area contributed by atoms with Gasteiger partial charge in [-0.3, -0.25) is 4.79 Å². The zero-order chi connectivity index (χ0) is 14.8. The van der Waals surface area contributed by atoms with Crippen molar-refractivity contribution in [3.63, 3.8) is 0 Å². The molecule has 0 amide bonds. The fourth-order valence-corrected chi connectivity index (χ4v) is 2.38. The fraction of sp³-hybridized carbons (Fsp3) is 0.611. The lowest BCUT2D eigenvalue weighted by Crippen LogP contribution is -2.01. The van der Waals surface area contributed by atoms with Gasteiger partial charge in [0.1, 0.15) is 0 Å². The first kappa shape index (κ1) is 16.7. The van der Waals surface area contributed by atoms with E-state index in [4.69, 9.17) is 5.73 Å². The van der Waals surface area contributed by atoms with Crippen LogP contribution >= 0.6 is 0 Å². The molecule has 112 valence electrons. The summed E-state index contributed by atoms with van der Waals surface area (Å²) in [4.78, 5) is 12.0. The van der Waals surface area contributed by atoms with Gasteiger partial charge in [0.2, 0.25) is 0 Å². The monoisotopic (exact) mass is 275 g/mol. The molecule has 1 aromatic carbocycles. The van der Waals surface area contributed by atoms with Gasteiger partial charge in [-0.2, -0.15) is 0 Å². The SMILES string of the molecule is CCCCCCCCCCC(=O)c1ccc(C)c(N)c1. The van der Waals surface area contributed by atoms with Gasteiger partial charge >= 0.3 is 0 Å². The molecule has 2 nitrogen and oxygen atoms in total. The third kappa shape index (κ3) is 6.23. The van der Waals surface area contributed by atoms with Gasteiger partial charge in [0, 0.05) is 17.7 Å². The summed E-state index contributed by atoms with van der Waals surface area (Å²) in [6, 6.07) is 5.62. The summed E-state index contributed by atoms with van der Waals surface area (Å²) in [5, 5.41) is 0. The van der Waals surface area contributed by atoms with Gasteiger partial charge in [0.25, 0.3) is 0 Å². The summed E-state index contributed by atoms with van der Waals surface area (Å²) in [5.74, 6) is 0.225. The zero-order valence-electron chi connectivity index (χ0n) is 13.1. The second kappa shape index (κ2) is 9.57. The second-order valence-electron chi connectivity index (χ2n) is 5.72. The average molecular weight is 275 g/mol. The molecule has 2 heteroatoms. The molecule has 0 unspecified atom stereocenters. The minimum Gasteiger partial charge on any atom is -0.398 e. The predicted octanol–water partition coefficient (Wildman–Crippen LogP) is 5.29. The van der Waals surface area contributed by atoms with Crippen LogP contribution in [0.5, 0.6) is 0 Å². The Bertz CT molecular complexity index is 412. The fourth-order valence-electron chi connectivity index (χ4n) is 2.38. The predicted molar refractivity (Wildman–Crippen MR) is 87.1 cm³/mol. The Hall–Kier alpha value is -1.31. The van der Waals surface area contributed by atoms with E-state index in [2.05, 4.69) is 6.92 Å². The molecule has 20 heavy (non-hydrogen) atoms. The molecule has 0 bridgehead atoms. The minimum absolute atomic E-state index is 0.225.